The number of ether oxygens (including phenoxy) is 2. The largest absolute Gasteiger partial charge is 0.513 e. The maximum atomic E-state index is 11.4. The van der Waals surface area contributed by atoms with Crippen LogP contribution in [0, 0.1) is 0 Å². The van der Waals surface area contributed by atoms with Crippen molar-refractivity contribution in [2.45, 2.75) is 46.5 Å². The summed E-state index contributed by atoms with van der Waals surface area (Å²) in [6.45, 7) is 10.5. The Morgan fingerprint density at radius 3 is 2.33 bits per heavy atom. The number of rotatable bonds is 4. The third kappa shape index (κ3) is 3.49. The summed E-state index contributed by atoms with van der Waals surface area (Å²) in [5.41, 5.74) is 2.30. The Labute approximate surface area is 109 Å². The van der Waals surface area contributed by atoms with E-state index in [4.69, 9.17) is 9.47 Å². The van der Waals surface area contributed by atoms with Crippen LogP contribution in [0.1, 0.15) is 57.6 Å². The van der Waals surface area contributed by atoms with Crippen molar-refractivity contribution in [3.05, 3.63) is 29.3 Å². The van der Waals surface area contributed by atoms with Gasteiger partial charge in [-0.3, -0.25) is 0 Å². The van der Waals surface area contributed by atoms with E-state index in [0.29, 0.717) is 24.2 Å². The number of carbonyl (C=O) groups is 1. The topological polar surface area (TPSA) is 35.5 Å². The van der Waals surface area contributed by atoms with Gasteiger partial charge in [-0.25, -0.2) is 4.79 Å². The summed E-state index contributed by atoms with van der Waals surface area (Å²) in [7, 11) is 0. The van der Waals surface area contributed by atoms with Crippen LogP contribution in [0.15, 0.2) is 18.2 Å². The highest BCUT2D eigenvalue weighted by Crippen LogP contribution is 2.34. The zero-order valence-electron chi connectivity index (χ0n) is 11.8. The second kappa shape index (κ2) is 6.43. The highest BCUT2D eigenvalue weighted by atomic mass is 16.7. The molecule has 0 spiro atoms. The van der Waals surface area contributed by atoms with Gasteiger partial charge in [0.1, 0.15) is 5.75 Å². The van der Waals surface area contributed by atoms with Gasteiger partial charge in [0.15, 0.2) is 0 Å². The van der Waals surface area contributed by atoms with Gasteiger partial charge >= 0.3 is 6.16 Å². The van der Waals surface area contributed by atoms with Crippen molar-refractivity contribution in [1.82, 2.24) is 0 Å². The third-order valence-electron chi connectivity index (χ3n) is 2.75. The Hall–Kier alpha value is -1.51. The molecule has 0 atom stereocenters. The summed E-state index contributed by atoms with van der Waals surface area (Å²) in [4.78, 5) is 11.4. The molecule has 0 bridgehead atoms. The number of benzene rings is 1. The van der Waals surface area contributed by atoms with E-state index in [-0.39, 0.29) is 0 Å². The predicted molar refractivity (Wildman–Crippen MR) is 72.3 cm³/mol. The summed E-state index contributed by atoms with van der Waals surface area (Å²) >= 11 is 0. The lowest BCUT2D eigenvalue weighted by Crippen LogP contribution is -2.12. The predicted octanol–water partition coefficient (Wildman–Crippen LogP) is 4.47. The van der Waals surface area contributed by atoms with Crippen LogP contribution in [-0.2, 0) is 4.74 Å². The van der Waals surface area contributed by atoms with E-state index in [1.54, 1.807) is 6.92 Å². The molecule has 0 unspecified atom stereocenters. The first-order chi connectivity index (χ1) is 8.47. The molecule has 100 valence electrons. The zero-order chi connectivity index (χ0) is 13.7. The number of hydrogen-bond acceptors (Lipinski definition) is 3. The SMILES string of the molecule is CCOC(=O)Oc1cccc(C(C)C)c1C(C)C. The molecular weight excluding hydrogens is 228 g/mol. The molecule has 0 saturated carbocycles. The molecule has 0 N–H and O–H groups in total. The molecule has 0 aliphatic carbocycles. The average molecular weight is 250 g/mol. The van der Waals surface area contributed by atoms with Crippen molar-refractivity contribution in [3.8, 4) is 5.75 Å². The molecule has 3 nitrogen and oxygen atoms in total. The Balaban J connectivity index is 3.11. The van der Waals surface area contributed by atoms with Crippen LogP contribution in [0.25, 0.3) is 0 Å². The van der Waals surface area contributed by atoms with Gasteiger partial charge in [-0.2, -0.15) is 0 Å². The van der Waals surface area contributed by atoms with Crippen LogP contribution >= 0.6 is 0 Å². The lowest BCUT2D eigenvalue weighted by molar-refractivity contribution is 0.104. The average Bonchev–Trinajstić information content (AvgIpc) is 2.28. The lowest BCUT2D eigenvalue weighted by atomic mass is 9.90. The van der Waals surface area contributed by atoms with Crippen molar-refractivity contribution in [2.24, 2.45) is 0 Å². The molecule has 0 aromatic heterocycles. The zero-order valence-corrected chi connectivity index (χ0v) is 11.8. The van der Waals surface area contributed by atoms with Gasteiger partial charge in [0, 0.05) is 5.56 Å². The van der Waals surface area contributed by atoms with Crippen molar-refractivity contribution in [3.63, 3.8) is 0 Å². The summed E-state index contributed by atoms with van der Waals surface area (Å²) in [6, 6.07) is 5.81. The van der Waals surface area contributed by atoms with Crippen LogP contribution in [0.4, 0.5) is 4.79 Å². The van der Waals surface area contributed by atoms with Crippen LogP contribution in [0.2, 0.25) is 0 Å². The Bertz CT molecular complexity index is 408. The third-order valence-corrected chi connectivity index (χ3v) is 2.75. The fourth-order valence-electron chi connectivity index (χ4n) is 2.01. The minimum atomic E-state index is -0.639. The lowest BCUT2D eigenvalue weighted by Gasteiger charge is -2.19. The van der Waals surface area contributed by atoms with Crippen LogP contribution in [0.3, 0.4) is 0 Å². The molecule has 1 aromatic rings. The monoisotopic (exact) mass is 250 g/mol. The fraction of sp³-hybridized carbons (Fsp3) is 0.533. The number of hydrogen-bond donors (Lipinski definition) is 0. The quantitative estimate of drug-likeness (QED) is 0.584. The molecular formula is C15H22O3. The smallest absolute Gasteiger partial charge is 0.434 e. The van der Waals surface area contributed by atoms with Crippen LogP contribution in [-0.4, -0.2) is 12.8 Å². The standard InChI is InChI=1S/C15H22O3/c1-6-17-15(16)18-13-9-7-8-12(10(2)3)14(13)11(4)5/h7-11H,6H2,1-5H3. The molecule has 18 heavy (non-hydrogen) atoms. The summed E-state index contributed by atoms with van der Waals surface area (Å²) in [5, 5.41) is 0. The first kappa shape index (κ1) is 14.6. The maximum Gasteiger partial charge on any atom is 0.513 e. The van der Waals surface area contributed by atoms with Crippen molar-refractivity contribution in [2.75, 3.05) is 6.61 Å². The molecule has 0 amide bonds. The van der Waals surface area contributed by atoms with Crippen molar-refractivity contribution < 1.29 is 14.3 Å². The molecule has 3 heteroatoms. The second-order valence-corrected chi connectivity index (χ2v) is 4.85. The molecule has 0 aliphatic rings. The molecule has 0 fully saturated rings. The number of carbonyl (C=O) groups excluding carboxylic acids is 1. The molecule has 0 radical (unpaired) electrons. The van der Waals surface area contributed by atoms with Crippen LogP contribution < -0.4 is 4.74 Å². The van der Waals surface area contributed by atoms with Gasteiger partial charge in [-0.05, 0) is 30.4 Å². The van der Waals surface area contributed by atoms with E-state index in [9.17, 15) is 4.79 Å². The Morgan fingerprint density at radius 1 is 1.17 bits per heavy atom. The van der Waals surface area contributed by atoms with Crippen LogP contribution in [0.5, 0.6) is 5.75 Å². The molecule has 1 rings (SSSR count). The normalized spacial score (nSPS) is 10.8. The molecule has 0 heterocycles. The van der Waals surface area contributed by atoms with Gasteiger partial charge < -0.3 is 9.47 Å². The minimum Gasteiger partial charge on any atom is -0.434 e. The Morgan fingerprint density at radius 2 is 1.83 bits per heavy atom. The summed E-state index contributed by atoms with van der Waals surface area (Å²) in [6.07, 6.45) is -0.639. The maximum absolute atomic E-state index is 11.4. The van der Waals surface area contributed by atoms with Gasteiger partial charge in [0.25, 0.3) is 0 Å². The van der Waals surface area contributed by atoms with Gasteiger partial charge in [-0.15, -0.1) is 0 Å². The van der Waals surface area contributed by atoms with E-state index in [0.717, 1.165) is 5.56 Å². The molecule has 0 aliphatic heterocycles. The summed E-state index contributed by atoms with van der Waals surface area (Å²) < 4.78 is 10.1. The van der Waals surface area contributed by atoms with Crippen molar-refractivity contribution >= 4 is 6.16 Å². The highest BCUT2D eigenvalue weighted by molar-refractivity contribution is 5.65. The second-order valence-electron chi connectivity index (χ2n) is 4.85. The van der Waals surface area contributed by atoms with Gasteiger partial charge in [-0.1, -0.05) is 39.8 Å². The molecule has 0 saturated heterocycles. The van der Waals surface area contributed by atoms with E-state index in [2.05, 4.69) is 33.8 Å². The highest BCUT2D eigenvalue weighted by Gasteiger charge is 2.17. The van der Waals surface area contributed by atoms with Crippen molar-refractivity contribution in [1.29, 1.82) is 0 Å². The van der Waals surface area contributed by atoms with Gasteiger partial charge in [0.2, 0.25) is 0 Å². The van der Waals surface area contributed by atoms with E-state index in [1.165, 1.54) is 5.56 Å². The minimum absolute atomic E-state index is 0.299. The van der Waals surface area contributed by atoms with Gasteiger partial charge in [0.05, 0.1) is 6.61 Å². The van der Waals surface area contributed by atoms with E-state index >= 15 is 0 Å². The summed E-state index contributed by atoms with van der Waals surface area (Å²) in [5.74, 6) is 1.30. The first-order valence-electron chi connectivity index (χ1n) is 6.44. The first-order valence-corrected chi connectivity index (χ1v) is 6.44. The Kier molecular flexibility index (Phi) is 5.20. The van der Waals surface area contributed by atoms with E-state index in [1.807, 2.05) is 12.1 Å². The van der Waals surface area contributed by atoms with E-state index < -0.39 is 6.16 Å². The fourth-order valence-corrected chi connectivity index (χ4v) is 2.01. The molecule has 1 aromatic carbocycles.